The van der Waals surface area contributed by atoms with Gasteiger partial charge < -0.3 is 10.3 Å². The molecule has 0 bridgehead atoms. The SMILES string of the molecule is Cc1ccc2c(C(=O)Nc3ccc4c(c3)CS(=O)(=O)C4)c[nH]c2c1. The Labute approximate surface area is 139 Å². The van der Waals surface area contributed by atoms with Crippen LogP contribution in [0.5, 0.6) is 0 Å². The summed E-state index contributed by atoms with van der Waals surface area (Å²) in [6.45, 7) is 2.00. The molecule has 2 heterocycles. The molecule has 0 spiro atoms. The number of H-pyrrole nitrogens is 1. The molecule has 0 saturated heterocycles. The predicted molar refractivity (Wildman–Crippen MR) is 93.8 cm³/mol. The first-order valence-electron chi connectivity index (χ1n) is 7.63. The number of nitrogens with one attached hydrogen (secondary N) is 2. The van der Waals surface area contributed by atoms with E-state index in [-0.39, 0.29) is 17.4 Å². The molecule has 2 aromatic carbocycles. The van der Waals surface area contributed by atoms with Crippen LogP contribution < -0.4 is 5.32 Å². The zero-order chi connectivity index (χ0) is 16.9. The maximum absolute atomic E-state index is 12.6. The van der Waals surface area contributed by atoms with Crippen LogP contribution in [0.2, 0.25) is 0 Å². The normalized spacial score (nSPS) is 15.4. The van der Waals surface area contributed by atoms with Gasteiger partial charge in [0.25, 0.3) is 5.91 Å². The molecule has 0 unspecified atom stereocenters. The molecular formula is C18H16N2O3S. The van der Waals surface area contributed by atoms with Gasteiger partial charge in [0.15, 0.2) is 9.84 Å². The van der Waals surface area contributed by atoms with Crippen molar-refractivity contribution in [3.63, 3.8) is 0 Å². The van der Waals surface area contributed by atoms with E-state index in [1.807, 2.05) is 25.1 Å². The summed E-state index contributed by atoms with van der Waals surface area (Å²) < 4.78 is 23.4. The van der Waals surface area contributed by atoms with Gasteiger partial charge in [-0.05, 0) is 41.8 Å². The number of carbonyl (C=O) groups is 1. The molecule has 122 valence electrons. The van der Waals surface area contributed by atoms with E-state index in [4.69, 9.17) is 0 Å². The van der Waals surface area contributed by atoms with Crippen molar-refractivity contribution in [2.45, 2.75) is 18.4 Å². The number of rotatable bonds is 2. The monoisotopic (exact) mass is 340 g/mol. The summed E-state index contributed by atoms with van der Waals surface area (Å²) in [6, 6.07) is 11.1. The lowest BCUT2D eigenvalue weighted by molar-refractivity contribution is 0.102. The fraction of sp³-hybridized carbons (Fsp3) is 0.167. The average Bonchev–Trinajstić information content (AvgIpc) is 3.05. The Morgan fingerprint density at radius 2 is 1.88 bits per heavy atom. The van der Waals surface area contributed by atoms with Gasteiger partial charge in [-0.2, -0.15) is 0 Å². The van der Waals surface area contributed by atoms with Crippen LogP contribution in [0.3, 0.4) is 0 Å². The van der Waals surface area contributed by atoms with E-state index in [0.717, 1.165) is 27.6 Å². The van der Waals surface area contributed by atoms with Crippen LogP contribution in [-0.4, -0.2) is 19.3 Å². The largest absolute Gasteiger partial charge is 0.360 e. The Morgan fingerprint density at radius 1 is 1.08 bits per heavy atom. The molecule has 0 atom stereocenters. The van der Waals surface area contributed by atoms with Crippen LogP contribution in [0, 0.1) is 6.92 Å². The second-order valence-electron chi connectivity index (χ2n) is 6.22. The molecule has 6 heteroatoms. The molecule has 1 aliphatic rings. The molecule has 1 amide bonds. The smallest absolute Gasteiger partial charge is 0.257 e. The van der Waals surface area contributed by atoms with Gasteiger partial charge in [0, 0.05) is 22.8 Å². The maximum Gasteiger partial charge on any atom is 0.257 e. The van der Waals surface area contributed by atoms with Gasteiger partial charge in [0.1, 0.15) is 0 Å². The highest BCUT2D eigenvalue weighted by Crippen LogP contribution is 2.28. The van der Waals surface area contributed by atoms with Gasteiger partial charge in [-0.1, -0.05) is 18.2 Å². The molecule has 0 radical (unpaired) electrons. The molecule has 2 N–H and O–H groups in total. The van der Waals surface area contributed by atoms with E-state index < -0.39 is 9.84 Å². The average molecular weight is 340 g/mol. The van der Waals surface area contributed by atoms with E-state index >= 15 is 0 Å². The topological polar surface area (TPSA) is 79.0 Å². The van der Waals surface area contributed by atoms with Crippen molar-refractivity contribution >= 4 is 32.3 Å². The zero-order valence-electron chi connectivity index (χ0n) is 13.1. The highest BCUT2D eigenvalue weighted by Gasteiger charge is 2.24. The molecule has 0 aliphatic carbocycles. The summed E-state index contributed by atoms with van der Waals surface area (Å²) >= 11 is 0. The molecule has 24 heavy (non-hydrogen) atoms. The van der Waals surface area contributed by atoms with Crippen LogP contribution in [0.25, 0.3) is 10.9 Å². The number of hydrogen-bond acceptors (Lipinski definition) is 3. The number of fused-ring (bicyclic) bond motifs is 2. The van der Waals surface area contributed by atoms with Crippen molar-refractivity contribution in [3.8, 4) is 0 Å². The first-order valence-corrected chi connectivity index (χ1v) is 9.45. The first-order chi connectivity index (χ1) is 11.4. The molecule has 3 aromatic rings. The minimum absolute atomic E-state index is 0.0401. The fourth-order valence-corrected chi connectivity index (χ4v) is 4.73. The standard InChI is InChI=1S/C18H16N2O3S/c1-11-2-5-15-16(8-19-17(15)6-11)18(21)20-14-4-3-12-9-24(22,23)10-13(12)7-14/h2-8,19H,9-10H2,1H3,(H,20,21). The van der Waals surface area contributed by atoms with Gasteiger partial charge in [-0.15, -0.1) is 0 Å². The quantitative estimate of drug-likeness (QED) is 0.752. The van der Waals surface area contributed by atoms with Crippen molar-refractivity contribution in [3.05, 3.63) is 64.8 Å². The Kier molecular flexibility index (Phi) is 3.25. The van der Waals surface area contributed by atoms with E-state index in [2.05, 4.69) is 10.3 Å². The third kappa shape index (κ3) is 2.59. The van der Waals surface area contributed by atoms with Gasteiger partial charge in [-0.3, -0.25) is 4.79 Å². The van der Waals surface area contributed by atoms with Crippen LogP contribution in [0.1, 0.15) is 27.0 Å². The number of sulfone groups is 1. The predicted octanol–water partition coefficient (Wildman–Crippen LogP) is 3.16. The van der Waals surface area contributed by atoms with Crippen molar-refractivity contribution in [2.75, 3.05) is 5.32 Å². The lowest BCUT2D eigenvalue weighted by Gasteiger charge is -2.06. The van der Waals surface area contributed by atoms with E-state index in [1.54, 1.807) is 24.4 Å². The number of benzene rings is 2. The van der Waals surface area contributed by atoms with Gasteiger partial charge >= 0.3 is 0 Å². The number of carbonyl (C=O) groups excluding carboxylic acids is 1. The Hall–Kier alpha value is -2.60. The highest BCUT2D eigenvalue weighted by molar-refractivity contribution is 7.90. The van der Waals surface area contributed by atoms with E-state index in [0.29, 0.717) is 11.3 Å². The molecular weight excluding hydrogens is 324 g/mol. The number of hydrogen-bond donors (Lipinski definition) is 2. The minimum atomic E-state index is -3.04. The van der Waals surface area contributed by atoms with Crippen molar-refractivity contribution in [1.82, 2.24) is 4.98 Å². The Morgan fingerprint density at radius 3 is 2.71 bits per heavy atom. The van der Waals surface area contributed by atoms with E-state index in [1.165, 1.54) is 0 Å². The van der Waals surface area contributed by atoms with Gasteiger partial charge in [0.2, 0.25) is 0 Å². The summed E-state index contributed by atoms with van der Waals surface area (Å²) in [5.74, 6) is -0.0950. The summed E-state index contributed by atoms with van der Waals surface area (Å²) in [5, 5.41) is 3.72. The number of anilines is 1. The van der Waals surface area contributed by atoms with E-state index in [9.17, 15) is 13.2 Å². The molecule has 1 aromatic heterocycles. The molecule has 1 aliphatic heterocycles. The van der Waals surface area contributed by atoms with Gasteiger partial charge in [-0.25, -0.2) is 8.42 Å². The summed E-state index contributed by atoms with van der Waals surface area (Å²) in [7, 11) is -3.04. The van der Waals surface area contributed by atoms with Crippen molar-refractivity contribution in [2.24, 2.45) is 0 Å². The third-order valence-electron chi connectivity index (χ3n) is 4.30. The van der Waals surface area contributed by atoms with Crippen LogP contribution >= 0.6 is 0 Å². The second kappa shape index (κ2) is 5.21. The molecule has 5 nitrogen and oxygen atoms in total. The number of amides is 1. The van der Waals surface area contributed by atoms with Crippen molar-refractivity contribution in [1.29, 1.82) is 0 Å². The van der Waals surface area contributed by atoms with Crippen LogP contribution in [0.15, 0.2) is 42.6 Å². The molecule has 0 fully saturated rings. The van der Waals surface area contributed by atoms with Crippen molar-refractivity contribution < 1.29 is 13.2 Å². The number of aromatic amines is 1. The highest BCUT2D eigenvalue weighted by atomic mass is 32.2. The summed E-state index contributed by atoms with van der Waals surface area (Å²) in [6.07, 6.45) is 1.69. The minimum Gasteiger partial charge on any atom is -0.360 e. The first kappa shape index (κ1) is 15.0. The number of aromatic nitrogens is 1. The summed E-state index contributed by atoms with van der Waals surface area (Å²) in [4.78, 5) is 15.7. The van der Waals surface area contributed by atoms with Gasteiger partial charge in [0.05, 0.1) is 17.1 Å². The third-order valence-corrected chi connectivity index (χ3v) is 5.80. The lowest BCUT2D eigenvalue weighted by Crippen LogP contribution is -2.11. The maximum atomic E-state index is 12.6. The molecule has 4 rings (SSSR count). The Balaban J connectivity index is 1.63. The molecule has 0 saturated carbocycles. The number of aryl methyl sites for hydroxylation is 1. The van der Waals surface area contributed by atoms with Crippen LogP contribution in [-0.2, 0) is 21.3 Å². The summed E-state index contributed by atoms with van der Waals surface area (Å²) in [5.41, 5.74) is 4.80. The lowest BCUT2D eigenvalue weighted by atomic mass is 10.1. The fourth-order valence-electron chi connectivity index (χ4n) is 3.13. The Bertz CT molecular complexity index is 1080. The van der Waals surface area contributed by atoms with Crippen LogP contribution in [0.4, 0.5) is 5.69 Å². The zero-order valence-corrected chi connectivity index (χ0v) is 13.9. The second-order valence-corrected chi connectivity index (χ2v) is 8.29.